The lowest BCUT2D eigenvalue weighted by Crippen LogP contribution is -1.96. The van der Waals surface area contributed by atoms with E-state index in [9.17, 15) is 0 Å². The summed E-state index contributed by atoms with van der Waals surface area (Å²) in [5.41, 5.74) is 1.05. The van der Waals surface area contributed by atoms with Gasteiger partial charge in [0, 0.05) is 20.9 Å². The maximum atomic E-state index is 6.11. The van der Waals surface area contributed by atoms with E-state index >= 15 is 0 Å². The Balaban J connectivity index is 2.94. The van der Waals surface area contributed by atoms with E-state index in [1.807, 2.05) is 30.0 Å². The quantitative estimate of drug-likeness (QED) is 0.709. The van der Waals surface area contributed by atoms with Crippen LogP contribution in [-0.4, -0.2) is 5.25 Å². The van der Waals surface area contributed by atoms with Gasteiger partial charge >= 0.3 is 0 Å². The fourth-order valence-electron chi connectivity index (χ4n) is 1.38. The summed E-state index contributed by atoms with van der Waals surface area (Å²) in [4.78, 5) is 0. The number of halogens is 2. The van der Waals surface area contributed by atoms with Crippen LogP contribution in [0.25, 0.3) is 0 Å². The molecule has 0 nitrogen and oxygen atoms in total. The average Bonchev–Trinajstić information content (AvgIpc) is 2.01. The van der Waals surface area contributed by atoms with Crippen LogP contribution in [0.5, 0.6) is 0 Å². The Bertz CT molecular complexity index is 290. The van der Waals surface area contributed by atoms with E-state index in [4.69, 9.17) is 23.2 Å². The summed E-state index contributed by atoms with van der Waals surface area (Å²) in [6, 6.07) is 5.65. The highest BCUT2D eigenvalue weighted by Gasteiger charge is 2.14. The van der Waals surface area contributed by atoms with E-state index in [0.29, 0.717) is 10.5 Å². The number of thioether (sulfide) groups is 1. The molecule has 0 aromatic heterocycles. The molecule has 0 N–H and O–H groups in total. The molecule has 3 heteroatoms. The summed E-state index contributed by atoms with van der Waals surface area (Å²) in [6.07, 6.45) is 0. The average molecular weight is 249 g/mol. The second-order valence-electron chi connectivity index (χ2n) is 3.46. The van der Waals surface area contributed by atoms with E-state index in [-0.39, 0.29) is 0 Å². The molecule has 0 aliphatic heterocycles. The molecule has 0 saturated carbocycles. The first-order valence-corrected chi connectivity index (χ1v) is 6.31. The van der Waals surface area contributed by atoms with Crippen molar-refractivity contribution in [1.82, 2.24) is 0 Å². The normalized spacial score (nSPS) is 13.3. The monoisotopic (exact) mass is 248 g/mol. The molecule has 78 valence electrons. The Kier molecular flexibility index (Phi) is 4.62. The highest BCUT2D eigenvalue weighted by Crippen LogP contribution is 2.39. The fourth-order valence-corrected chi connectivity index (χ4v) is 3.44. The predicted molar refractivity (Wildman–Crippen MR) is 67.6 cm³/mol. The molecule has 0 amide bonds. The third-order valence-electron chi connectivity index (χ3n) is 1.88. The van der Waals surface area contributed by atoms with Crippen LogP contribution >= 0.6 is 35.0 Å². The van der Waals surface area contributed by atoms with Gasteiger partial charge in [-0.3, -0.25) is 0 Å². The second kappa shape index (κ2) is 5.29. The van der Waals surface area contributed by atoms with Gasteiger partial charge in [0.1, 0.15) is 0 Å². The zero-order valence-electron chi connectivity index (χ0n) is 8.55. The molecule has 0 saturated heterocycles. The maximum absolute atomic E-state index is 6.11. The van der Waals surface area contributed by atoms with Crippen molar-refractivity contribution in [2.45, 2.75) is 31.3 Å². The van der Waals surface area contributed by atoms with Crippen LogP contribution in [0, 0.1) is 0 Å². The lowest BCUT2D eigenvalue weighted by atomic mass is 10.2. The van der Waals surface area contributed by atoms with Gasteiger partial charge in [0.2, 0.25) is 0 Å². The Morgan fingerprint density at radius 2 is 1.57 bits per heavy atom. The van der Waals surface area contributed by atoms with Crippen molar-refractivity contribution in [3.05, 3.63) is 33.8 Å². The van der Waals surface area contributed by atoms with Crippen molar-refractivity contribution in [2.24, 2.45) is 0 Å². The van der Waals surface area contributed by atoms with Crippen LogP contribution in [0.2, 0.25) is 10.0 Å². The summed E-state index contributed by atoms with van der Waals surface area (Å²) in [5, 5.41) is 2.45. The van der Waals surface area contributed by atoms with Gasteiger partial charge in [-0.25, -0.2) is 0 Å². The molecular weight excluding hydrogens is 235 g/mol. The third kappa shape index (κ3) is 3.08. The molecule has 1 atom stereocenters. The molecule has 0 radical (unpaired) electrons. The van der Waals surface area contributed by atoms with Crippen molar-refractivity contribution in [3.63, 3.8) is 0 Å². The smallest absolute Gasteiger partial charge is 0.0464 e. The fraction of sp³-hybridized carbons (Fsp3) is 0.455. The number of hydrogen-bond donors (Lipinski definition) is 0. The van der Waals surface area contributed by atoms with E-state index in [0.717, 1.165) is 15.6 Å². The summed E-state index contributed by atoms with van der Waals surface area (Å²) >= 11 is 14.1. The number of hydrogen-bond acceptors (Lipinski definition) is 1. The lowest BCUT2D eigenvalue weighted by molar-refractivity contribution is 1.04. The first kappa shape index (κ1) is 12.2. The number of rotatable bonds is 3. The maximum Gasteiger partial charge on any atom is 0.0464 e. The summed E-state index contributed by atoms with van der Waals surface area (Å²) in [6.45, 7) is 6.48. The molecule has 0 aliphatic carbocycles. The highest BCUT2D eigenvalue weighted by atomic mass is 35.5. The van der Waals surface area contributed by atoms with Crippen LogP contribution in [-0.2, 0) is 0 Å². The van der Waals surface area contributed by atoms with E-state index in [1.165, 1.54) is 0 Å². The molecular formula is C11H14Cl2S. The van der Waals surface area contributed by atoms with Gasteiger partial charge in [-0.05, 0) is 24.3 Å². The molecule has 1 aromatic rings. The SMILES string of the molecule is CC(C)SC(C)c1c(Cl)cccc1Cl. The van der Waals surface area contributed by atoms with Gasteiger partial charge in [0.05, 0.1) is 0 Å². The molecule has 1 unspecified atom stereocenters. The molecule has 1 rings (SSSR count). The summed E-state index contributed by atoms with van der Waals surface area (Å²) in [5.74, 6) is 0. The third-order valence-corrected chi connectivity index (χ3v) is 3.73. The largest absolute Gasteiger partial charge is 0.151 e. The van der Waals surface area contributed by atoms with Crippen molar-refractivity contribution < 1.29 is 0 Å². The summed E-state index contributed by atoms with van der Waals surface area (Å²) in [7, 11) is 0. The number of benzene rings is 1. The molecule has 14 heavy (non-hydrogen) atoms. The molecule has 0 aliphatic rings. The zero-order valence-corrected chi connectivity index (χ0v) is 10.9. The minimum Gasteiger partial charge on any atom is -0.151 e. The van der Waals surface area contributed by atoms with Crippen LogP contribution in [0.4, 0.5) is 0 Å². The van der Waals surface area contributed by atoms with Crippen molar-refractivity contribution >= 4 is 35.0 Å². The van der Waals surface area contributed by atoms with E-state index in [2.05, 4.69) is 20.8 Å². The molecule has 0 spiro atoms. The molecule has 1 aromatic carbocycles. The topological polar surface area (TPSA) is 0 Å². The van der Waals surface area contributed by atoms with Crippen LogP contribution in [0.15, 0.2) is 18.2 Å². The Hall–Kier alpha value is 0.150. The second-order valence-corrected chi connectivity index (χ2v) is 6.20. The van der Waals surface area contributed by atoms with E-state index in [1.54, 1.807) is 0 Å². The Morgan fingerprint density at radius 1 is 1.07 bits per heavy atom. The summed E-state index contributed by atoms with van der Waals surface area (Å²) < 4.78 is 0. The minimum absolute atomic E-state index is 0.344. The van der Waals surface area contributed by atoms with E-state index < -0.39 is 0 Å². The molecule has 0 fully saturated rings. The molecule has 0 heterocycles. The van der Waals surface area contributed by atoms with Gasteiger partial charge in [0.25, 0.3) is 0 Å². The van der Waals surface area contributed by atoms with Crippen molar-refractivity contribution in [2.75, 3.05) is 0 Å². The van der Waals surface area contributed by atoms with Gasteiger partial charge < -0.3 is 0 Å². The lowest BCUT2D eigenvalue weighted by Gasteiger charge is -2.16. The van der Waals surface area contributed by atoms with Crippen LogP contribution in [0.3, 0.4) is 0 Å². The standard InChI is InChI=1S/C11H14Cl2S/c1-7(2)14-8(3)11-9(12)5-4-6-10(11)13/h4-8H,1-3H3. The molecule has 0 bridgehead atoms. The van der Waals surface area contributed by atoms with Gasteiger partial charge in [0.15, 0.2) is 0 Å². The van der Waals surface area contributed by atoms with Crippen LogP contribution < -0.4 is 0 Å². The Morgan fingerprint density at radius 3 is 2.00 bits per heavy atom. The van der Waals surface area contributed by atoms with Crippen molar-refractivity contribution in [1.29, 1.82) is 0 Å². The first-order valence-electron chi connectivity index (χ1n) is 4.61. The first-order chi connectivity index (χ1) is 6.52. The van der Waals surface area contributed by atoms with Crippen molar-refractivity contribution in [3.8, 4) is 0 Å². The van der Waals surface area contributed by atoms with Crippen LogP contribution in [0.1, 0.15) is 31.6 Å². The predicted octanol–water partition coefficient (Wildman–Crippen LogP) is 5.20. The minimum atomic E-state index is 0.344. The highest BCUT2D eigenvalue weighted by molar-refractivity contribution is 8.00. The van der Waals surface area contributed by atoms with Gasteiger partial charge in [-0.1, -0.05) is 43.1 Å². The zero-order chi connectivity index (χ0) is 10.7. The van der Waals surface area contributed by atoms with Gasteiger partial charge in [-0.15, -0.1) is 0 Å². The van der Waals surface area contributed by atoms with Gasteiger partial charge in [-0.2, -0.15) is 11.8 Å². The Labute approximate surface area is 100.0 Å².